The number of aromatic nitrogens is 3. The van der Waals surface area contributed by atoms with Crippen LogP contribution in [0.4, 0.5) is 10.8 Å². The molecule has 2 aromatic heterocycles. The number of amides is 1. The quantitative estimate of drug-likeness (QED) is 0.433. The number of fused-ring (bicyclic) bond motifs is 1. The third kappa shape index (κ3) is 4.74. The van der Waals surface area contributed by atoms with Gasteiger partial charge >= 0.3 is 0 Å². The molecule has 0 radical (unpaired) electrons. The fourth-order valence-electron chi connectivity index (χ4n) is 2.93. The van der Waals surface area contributed by atoms with Gasteiger partial charge in [-0.1, -0.05) is 23.1 Å². The highest BCUT2D eigenvalue weighted by atomic mass is 32.2. The lowest BCUT2D eigenvalue weighted by Gasteiger charge is -2.25. The lowest BCUT2D eigenvalue weighted by atomic mass is 10.2. The molecule has 9 nitrogen and oxygen atoms in total. The number of methoxy groups -OCH3 is 2. The van der Waals surface area contributed by atoms with Crippen molar-refractivity contribution >= 4 is 50.2 Å². The van der Waals surface area contributed by atoms with Gasteiger partial charge in [-0.15, -0.1) is 0 Å². The van der Waals surface area contributed by atoms with Crippen molar-refractivity contribution in [1.82, 2.24) is 15.0 Å². The molecule has 1 fully saturated rings. The van der Waals surface area contributed by atoms with Crippen LogP contribution >= 0.6 is 23.1 Å². The molecule has 0 aliphatic carbocycles. The number of rotatable bonds is 7. The van der Waals surface area contributed by atoms with Crippen molar-refractivity contribution in [2.75, 3.05) is 56.5 Å². The van der Waals surface area contributed by atoms with Crippen LogP contribution < -0.4 is 19.7 Å². The first-order valence-electron chi connectivity index (χ1n) is 9.26. The van der Waals surface area contributed by atoms with Gasteiger partial charge in [-0.2, -0.15) is 4.98 Å². The third-order valence-corrected chi connectivity index (χ3v) is 6.63. The number of nitrogens with zero attached hydrogens (tertiary/aromatic N) is 4. The number of nitrogens with one attached hydrogen (secondary N) is 1. The van der Waals surface area contributed by atoms with E-state index in [9.17, 15) is 4.79 Å². The Kier molecular flexibility index (Phi) is 6.50. The van der Waals surface area contributed by atoms with Crippen LogP contribution in [0, 0.1) is 0 Å². The SMILES string of the molecule is COc1cc(NC(=O)CSc2ncnc3nc(N4CCOCC4)sc23)cc(OC)c1. The van der Waals surface area contributed by atoms with Gasteiger partial charge in [-0.25, -0.2) is 9.97 Å². The number of morpholine rings is 1. The molecule has 4 rings (SSSR count). The summed E-state index contributed by atoms with van der Waals surface area (Å²) in [5.74, 6) is 1.27. The van der Waals surface area contributed by atoms with Crippen molar-refractivity contribution < 1.29 is 19.0 Å². The molecule has 1 aromatic carbocycles. The molecule has 30 heavy (non-hydrogen) atoms. The summed E-state index contributed by atoms with van der Waals surface area (Å²) in [5, 5.41) is 4.52. The number of benzene rings is 1. The van der Waals surface area contributed by atoms with Crippen LogP contribution in [-0.2, 0) is 9.53 Å². The maximum absolute atomic E-state index is 12.5. The summed E-state index contributed by atoms with van der Waals surface area (Å²) in [7, 11) is 3.13. The highest BCUT2D eigenvalue weighted by Crippen LogP contribution is 2.34. The predicted molar refractivity (Wildman–Crippen MR) is 117 cm³/mol. The van der Waals surface area contributed by atoms with E-state index in [4.69, 9.17) is 14.2 Å². The van der Waals surface area contributed by atoms with E-state index >= 15 is 0 Å². The summed E-state index contributed by atoms with van der Waals surface area (Å²) >= 11 is 2.90. The summed E-state index contributed by atoms with van der Waals surface area (Å²) in [6, 6.07) is 5.23. The summed E-state index contributed by atoms with van der Waals surface area (Å²) in [4.78, 5) is 27.9. The van der Waals surface area contributed by atoms with Gasteiger partial charge in [-0.05, 0) is 0 Å². The van der Waals surface area contributed by atoms with Crippen molar-refractivity contribution in [2.24, 2.45) is 0 Å². The van der Waals surface area contributed by atoms with Gasteiger partial charge in [-0.3, -0.25) is 4.79 Å². The summed E-state index contributed by atoms with van der Waals surface area (Å²) in [6.07, 6.45) is 1.48. The summed E-state index contributed by atoms with van der Waals surface area (Å²) in [5.41, 5.74) is 1.26. The first-order valence-corrected chi connectivity index (χ1v) is 11.1. The van der Waals surface area contributed by atoms with Crippen LogP contribution in [0.1, 0.15) is 0 Å². The average molecular weight is 448 g/mol. The van der Waals surface area contributed by atoms with E-state index in [1.807, 2.05) is 0 Å². The van der Waals surface area contributed by atoms with E-state index in [1.165, 1.54) is 18.1 Å². The maximum atomic E-state index is 12.5. The Bertz CT molecular complexity index is 1020. The largest absolute Gasteiger partial charge is 0.497 e. The van der Waals surface area contributed by atoms with E-state index in [0.29, 0.717) is 36.0 Å². The highest BCUT2D eigenvalue weighted by Gasteiger charge is 2.18. The second-order valence-corrected chi connectivity index (χ2v) is 8.31. The molecule has 1 N–H and O–H groups in total. The zero-order chi connectivity index (χ0) is 20.9. The molecular weight excluding hydrogens is 426 g/mol. The monoisotopic (exact) mass is 447 g/mol. The molecule has 3 heterocycles. The second kappa shape index (κ2) is 9.45. The normalized spacial score (nSPS) is 14.0. The Hall–Kier alpha value is -2.63. The first kappa shape index (κ1) is 20.6. The minimum absolute atomic E-state index is 0.153. The molecule has 0 saturated carbocycles. The molecule has 0 bridgehead atoms. The Labute approximate surface area is 181 Å². The van der Waals surface area contributed by atoms with Gasteiger partial charge in [0.2, 0.25) is 5.91 Å². The van der Waals surface area contributed by atoms with E-state index in [2.05, 4.69) is 25.2 Å². The molecule has 3 aromatic rings. The number of thioether (sulfide) groups is 1. The van der Waals surface area contributed by atoms with Crippen LogP contribution in [-0.4, -0.2) is 67.1 Å². The minimum atomic E-state index is -0.153. The van der Waals surface area contributed by atoms with Crippen molar-refractivity contribution in [3.05, 3.63) is 24.5 Å². The smallest absolute Gasteiger partial charge is 0.234 e. The van der Waals surface area contributed by atoms with E-state index in [0.717, 1.165) is 27.9 Å². The van der Waals surface area contributed by atoms with Crippen LogP contribution in [0.15, 0.2) is 29.6 Å². The maximum Gasteiger partial charge on any atom is 0.234 e. The molecule has 158 valence electrons. The lowest BCUT2D eigenvalue weighted by molar-refractivity contribution is -0.113. The van der Waals surface area contributed by atoms with E-state index in [-0.39, 0.29) is 11.7 Å². The van der Waals surface area contributed by atoms with Gasteiger partial charge < -0.3 is 24.4 Å². The molecule has 0 atom stereocenters. The van der Waals surface area contributed by atoms with E-state index in [1.54, 1.807) is 43.8 Å². The Morgan fingerprint density at radius 2 is 1.93 bits per heavy atom. The number of hydrogen-bond acceptors (Lipinski definition) is 10. The third-order valence-electron chi connectivity index (χ3n) is 4.40. The Balaban J connectivity index is 1.44. The molecule has 1 amide bonds. The van der Waals surface area contributed by atoms with Crippen molar-refractivity contribution in [3.8, 4) is 11.5 Å². The van der Waals surface area contributed by atoms with Crippen molar-refractivity contribution in [1.29, 1.82) is 0 Å². The van der Waals surface area contributed by atoms with Gasteiger partial charge in [0.15, 0.2) is 10.8 Å². The van der Waals surface area contributed by atoms with Crippen LogP contribution in [0.25, 0.3) is 10.3 Å². The molecular formula is C19H21N5O4S2. The minimum Gasteiger partial charge on any atom is -0.497 e. The van der Waals surface area contributed by atoms with E-state index < -0.39 is 0 Å². The number of hydrogen-bond donors (Lipinski definition) is 1. The molecule has 1 aliphatic rings. The first-order chi connectivity index (χ1) is 14.7. The van der Waals surface area contributed by atoms with Crippen LogP contribution in [0.2, 0.25) is 0 Å². The van der Waals surface area contributed by atoms with Crippen LogP contribution in [0.3, 0.4) is 0 Å². The molecule has 11 heteroatoms. The molecule has 1 saturated heterocycles. The topological polar surface area (TPSA) is 98.7 Å². The van der Waals surface area contributed by atoms with Crippen molar-refractivity contribution in [3.63, 3.8) is 0 Å². The zero-order valence-electron chi connectivity index (χ0n) is 16.6. The second-order valence-electron chi connectivity index (χ2n) is 6.37. The number of ether oxygens (including phenoxy) is 3. The molecule has 1 aliphatic heterocycles. The van der Waals surface area contributed by atoms with Gasteiger partial charge in [0.25, 0.3) is 0 Å². The van der Waals surface area contributed by atoms with Gasteiger partial charge in [0.05, 0.1) is 33.2 Å². The van der Waals surface area contributed by atoms with Gasteiger partial charge in [0, 0.05) is 37.0 Å². The number of anilines is 2. The highest BCUT2D eigenvalue weighted by molar-refractivity contribution is 8.00. The van der Waals surface area contributed by atoms with Crippen molar-refractivity contribution in [2.45, 2.75) is 5.03 Å². The number of carbonyl (C=O) groups is 1. The number of thiazole rings is 1. The molecule has 0 spiro atoms. The number of carbonyl (C=O) groups excluding carboxylic acids is 1. The van der Waals surface area contributed by atoms with Gasteiger partial charge in [0.1, 0.15) is 27.6 Å². The average Bonchev–Trinajstić information content (AvgIpc) is 3.23. The Morgan fingerprint density at radius 3 is 2.63 bits per heavy atom. The predicted octanol–water partition coefficient (Wildman–Crippen LogP) is 2.67. The standard InChI is InChI=1S/C19H21N5O4S2/c1-26-13-7-12(8-14(9-13)27-2)22-15(25)10-29-18-16-17(20-11-21-18)23-19(30-16)24-3-5-28-6-4-24/h7-9,11H,3-6,10H2,1-2H3,(H,22,25). The fraction of sp³-hybridized carbons (Fsp3) is 0.368. The summed E-state index contributed by atoms with van der Waals surface area (Å²) < 4.78 is 16.8. The van der Waals surface area contributed by atoms with Crippen LogP contribution in [0.5, 0.6) is 11.5 Å². The summed E-state index contributed by atoms with van der Waals surface area (Å²) in [6.45, 7) is 3.00. The lowest BCUT2D eigenvalue weighted by Crippen LogP contribution is -2.36. The molecule has 0 unspecified atom stereocenters. The fourth-order valence-corrected chi connectivity index (χ4v) is 4.87. The zero-order valence-corrected chi connectivity index (χ0v) is 18.2. The Morgan fingerprint density at radius 1 is 1.20 bits per heavy atom.